The van der Waals surface area contributed by atoms with Gasteiger partial charge in [0.15, 0.2) is 0 Å². The van der Waals surface area contributed by atoms with Crippen molar-refractivity contribution < 1.29 is 4.21 Å². The van der Waals surface area contributed by atoms with E-state index in [0.29, 0.717) is 22.4 Å². The Labute approximate surface area is 127 Å². The van der Waals surface area contributed by atoms with Crippen LogP contribution in [-0.4, -0.2) is 14.0 Å². The van der Waals surface area contributed by atoms with E-state index in [2.05, 4.69) is 5.10 Å². The van der Waals surface area contributed by atoms with Gasteiger partial charge in [-0.25, -0.2) is 0 Å². The van der Waals surface area contributed by atoms with Crippen LogP contribution in [0.4, 0.5) is 5.69 Å². The van der Waals surface area contributed by atoms with Gasteiger partial charge in [0.1, 0.15) is 0 Å². The van der Waals surface area contributed by atoms with Crippen LogP contribution in [0.1, 0.15) is 43.0 Å². The predicted molar refractivity (Wildman–Crippen MR) is 85.4 cm³/mol. The third-order valence-corrected chi connectivity index (χ3v) is 5.58. The largest absolute Gasteiger partial charge is 0.398 e. The maximum absolute atomic E-state index is 12.5. The van der Waals surface area contributed by atoms with Crippen molar-refractivity contribution in [1.29, 1.82) is 0 Å². The first-order valence-electron chi connectivity index (χ1n) is 7.42. The van der Waals surface area contributed by atoms with Crippen LogP contribution < -0.4 is 5.73 Å². The number of hydrogen-bond acceptors (Lipinski definition) is 3. The Hall–Kier alpha value is -1.62. The van der Waals surface area contributed by atoms with Crippen LogP contribution in [0.15, 0.2) is 35.4 Å². The molecule has 0 spiro atoms. The Morgan fingerprint density at radius 3 is 2.86 bits per heavy atom. The highest BCUT2D eigenvalue weighted by molar-refractivity contribution is 7.84. The fourth-order valence-corrected chi connectivity index (χ4v) is 4.11. The van der Waals surface area contributed by atoms with Crippen molar-refractivity contribution in [3.8, 4) is 0 Å². The number of rotatable bonds is 4. The van der Waals surface area contributed by atoms with Crippen molar-refractivity contribution in [2.45, 2.75) is 49.3 Å². The summed E-state index contributed by atoms with van der Waals surface area (Å²) in [6, 6.07) is 8.17. The topological polar surface area (TPSA) is 60.9 Å². The molecule has 1 atom stereocenters. The predicted octanol–water partition coefficient (Wildman–Crippen LogP) is 3.20. The minimum atomic E-state index is -1.15. The lowest BCUT2D eigenvalue weighted by Gasteiger charge is -2.09. The van der Waals surface area contributed by atoms with Gasteiger partial charge in [-0.2, -0.15) is 5.10 Å². The number of anilines is 1. The second-order valence-corrected chi connectivity index (χ2v) is 7.12. The Morgan fingerprint density at radius 1 is 1.33 bits per heavy atom. The molecule has 0 saturated heterocycles. The van der Waals surface area contributed by atoms with Crippen LogP contribution in [0.5, 0.6) is 0 Å². The molecule has 4 nitrogen and oxygen atoms in total. The number of aromatic nitrogens is 2. The molecule has 0 radical (unpaired) electrons. The molecule has 2 N–H and O–H groups in total. The van der Waals surface area contributed by atoms with E-state index in [0.717, 1.165) is 11.3 Å². The van der Waals surface area contributed by atoms with Gasteiger partial charge in [0.2, 0.25) is 0 Å². The number of hydrogen-bond donors (Lipinski definition) is 1. The van der Waals surface area contributed by atoms with E-state index in [4.69, 9.17) is 5.73 Å². The minimum absolute atomic E-state index is 0.424. The number of benzene rings is 1. The lowest BCUT2D eigenvalue weighted by atomic mass is 10.2. The fraction of sp³-hybridized carbons (Fsp3) is 0.438. The van der Waals surface area contributed by atoms with Gasteiger partial charge >= 0.3 is 0 Å². The molecule has 5 heteroatoms. The molecule has 3 rings (SSSR count). The van der Waals surface area contributed by atoms with E-state index >= 15 is 0 Å². The lowest BCUT2D eigenvalue weighted by molar-refractivity contribution is 0.464. The van der Waals surface area contributed by atoms with Gasteiger partial charge in [-0.05, 0) is 37.5 Å². The average Bonchev–Trinajstić information content (AvgIpc) is 3.12. The van der Waals surface area contributed by atoms with E-state index < -0.39 is 10.8 Å². The quantitative estimate of drug-likeness (QED) is 0.882. The highest BCUT2D eigenvalue weighted by Crippen LogP contribution is 2.29. The number of para-hydroxylation sites is 1. The van der Waals surface area contributed by atoms with Gasteiger partial charge in [-0.15, -0.1) is 0 Å². The first kappa shape index (κ1) is 14.3. The second kappa shape index (κ2) is 6.02. The first-order valence-corrected chi connectivity index (χ1v) is 8.74. The van der Waals surface area contributed by atoms with Crippen molar-refractivity contribution in [2.75, 3.05) is 5.73 Å². The van der Waals surface area contributed by atoms with E-state index in [1.54, 1.807) is 0 Å². The van der Waals surface area contributed by atoms with Crippen molar-refractivity contribution in [3.05, 3.63) is 41.7 Å². The molecule has 1 saturated carbocycles. The first-order chi connectivity index (χ1) is 10.1. The zero-order chi connectivity index (χ0) is 14.8. The van der Waals surface area contributed by atoms with E-state index in [1.165, 1.54) is 25.7 Å². The summed E-state index contributed by atoms with van der Waals surface area (Å²) in [7, 11) is -1.15. The minimum Gasteiger partial charge on any atom is -0.398 e. The highest BCUT2D eigenvalue weighted by Gasteiger charge is 2.18. The summed E-state index contributed by atoms with van der Waals surface area (Å²) in [5, 5.41) is 4.59. The highest BCUT2D eigenvalue weighted by atomic mass is 32.2. The third kappa shape index (κ3) is 3.02. The van der Waals surface area contributed by atoms with E-state index in [1.807, 2.05) is 42.1 Å². The molecule has 1 fully saturated rings. The summed E-state index contributed by atoms with van der Waals surface area (Å²) in [6.07, 6.45) is 6.99. The molecule has 2 aromatic rings. The van der Waals surface area contributed by atoms with Gasteiger partial charge in [0.25, 0.3) is 0 Å². The van der Waals surface area contributed by atoms with Crippen LogP contribution >= 0.6 is 0 Å². The SMILES string of the molecule is Cc1cccc(S(=O)Cc2ccn(C3CCCC3)n2)c1N. The van der Waals surface area contributed by atoms with Crippen molar-refractivity contribution in [3.63, 3.8) is 0 Å². The van der Waals surface area contributed by atoms with Crippen molar-refractivity contribution >= 4 is 16.5 Å². The Morgan fingerprint density at radius 2 is 2.10 bits per heavy atom. The molecular formula is C16H21N3OS. The molecule has 1 unspecified atom stereocenters. The van der Waals surface area contributed by atoms with Gasteiger partial charge in [0, 0.05) is 6.20 Å². The summed E-state index contributed by atoms with van der Waals surface area (Å²) in [4.78, 5) is 0.713. The summed E-state index contributed by atoms with van der Waals surface area (Å²) in [6.45, 7) is 1.94. The van der Waals surface area contributed by atoms with Gasteiger partial charge < -0.3 is 5.73 Å². The summed E-state index contributed by atoms with van der Waals surface area (Å²) < 4.78 is 14.5. The van der Waals surface area contributed by atoms with Crippen LogP contribution in [0.25, 0.3) is 0 Å². The Balaban J connectivity index is 1.74. The van der Waals surface area contributed by atoms with E-state index in [9.17, 15) is 4.21 Å². The fourth-order valence-electron chi connectivity index (χ4n) is 2.89. The normalized spacial score (nSPS) is 17.2. The molecule has 21 heavy (non-hydrogen) atoms. The zero-order valence-corrected chi connectivity index (χ0v) is 13.1. The Bertz CT molecular complexity index is 659. The molecule has 0 bridgehead atoms. The lowest BCUT2D eigenvalue weighted by Crippen LogP contribution is -2.07. The van der Waals surface area contributed by atoms with Gasteiger partial charge in [-0.1, -0.05) is 25.0 Å². The molecule has 0 aliphatic heterocycles. The smallest absolute Gasteiger partial charge is 0.0753 e. The number of nitrogen functional groups attached to an aromatic ring is 1. The van der Waals surface area contributed by atoms with E-state index in [-0.39, 0.29) is 0 Å². The molecule has 1 aliphatic rings. The van der Waals surface area contributed by atoms with Gasteiger partial charge in [0.05, 0.1) is 38.9 Å². The molecule has 1 heterocycles. The molecule has 112 valence electrons. The standard InChI is InChI=1S/C16H21N3OS/c1-12-5-4-8-15(16(12)17)21(20)11-13-9-10-19(18-13)14-6-2-3-7-14/h4-5,8-10,14H,2-3,6-7,11,17H2,1H3. The van der Waals surface area contributed by atoms with Gasteiger partial charge in [-0.3, -0.25) is 8.89 Å². The molecule has 1 aromatic heterocycles. The molecule has 1 aliphatic carbocycles. The van der Waals surface area contributed by atoms with Crippen molar-refractivity contribution in [1.82, 2.24) is 9.78 Å². The summed E-state index contributed by atoms with van der Waals surface area (Å²) >= 11 is 0. The number of aryl methyl sites for hydroxylation is 1. The molecular weight excluding hydrogens is 282 g/mol. The molecule has 0 amide bonds. The maximum Gasteiger partial charge on any atom is 0.0753 e. The van der Waals surface area contributed by atoms with Crippen molar-refractivity contribution in [2.24, 2.45) is 0 Å². The van der Waals surface area contributed by atoms with Crippen LogP contribution in [-0.2, 0) is 16.6 Å². The molecule has 1 aromatic carbocycles. The van der Waals surface area contributed by atoms with Crippen LogP contribution in [0.2, 0.25) is 0 Å². The average molecular weight is 303 g/mol. The second-order valence-electron chi connectivity index (χ2n) is 5.70. The third-order valence-electron chi connectivity index (χ3n) is 4.17. The maximum atomic E-state index is 12.5. The monoisotopic (exact) mass is 303 g/mol. The Kier molecular flexibility index (Phi) is 4.10. The summed E-state index contributed by atoms with van der Waals surface area (Å²) in [5.74, 6) is 0.424. The van der Waals surface area contributed by atoms with Crippen LogP contribution in [0, 0.1) is 6.92 Å². The van der Waals surface area contributed by atoms with Crippen LogP contribution in [0.3, 0.4) is 0 Å². The zero-order valence-electron chi connectivity index (χ0n) is 12.3. The summed E-state index contributed by atoms with van der Waals surface area (Å²) in [5.41, 5.74) is 8.50. The number of nitrogens with two attached hydrogens (primary N) is 1. The number of nitrogens with zero attached hydrogens (tertiary/aromatic N) is 2.